The SMILES string of the molecule is COC(=O)c1ccc2[c]coc2c1. The van der Waals surface area contributed by atoms with Crippen molar-refractivity contribution < 1.29 is 13.9 Å². The lowest BCUT2D eigenvalue weighted by Crippen LogP contribution is -1.99. The Balaban J connectivity index is 2.54. The lowest BCUT2D eigenvalue weighted by atomic mass is 10.2. The second-order valence-corrected chi connectivity index (χ2v) is 2.58. The van der Waals surface area contributed by atoms with Crippen molar-refractivity contribution in [3.8, 4) is 0 Å². The van der Waals surface area contributed by atoms with E-state index >= 15 is 0 Å². The van der Waals surface area contributed by atoms with Crippen molar-refractivity contribution in [2.75, 3.05) is 7.11 Å². The van der Waals surface area contributed by atoms with Crippen LogP contribution < -0.4 is 0 Å². The van der Waals surface area contributed by atoms with E-state index in [0.29, 0.717) is 11.1 Å². The molecule has 0 aliphatic heterocycles. The molecule has 0 unspecified atom stereocenters. The molecule has 0 saturated carbocycles. The van der Waals surface area contributed by atoms with Crippen LogP contribution in [0.1, 0.15) is 10.4 Å². The van der Waals surface area contributed by atoms with Gasteiger partial charge in [-0.25, -0.2) is 4.79 Å². The maximum Gasteiger partial charge on any atom is 0.337 e. The normalized spacial score (nSPS) is 10.2. The summed E-state index contributed by atoms with van der Waals surface area (Å²) in [5.41, 5.74) is 1.13. The molecule has 0 atom stereocenters. The zero-order valence-corrected chi connectivity index (χ0v) is 7.03. The van der Waals surface area contributed by atoms with Crippen LogP contribution >= 0.6 is 0 Å². The number of ether oxygens (including phenoxy) is 1. The van der Waals surface area contributed by atoms with Crippen LogP contribution in [-0.2, 0) is 4.74 Å². The number of benzene rings is 1. The van der Waals surface area contributed by atoms with Crippen LogP contribution in [0.3, 0.4) is 0 Å². The number of methoxy groups -OCH3 is 1. The van der Waals surface area contributed by atoms with E-state index in [4.69, 9.17) is 4.42 Å². The maximum absolute atomic E-state index is 11.1. The molecule has 2 rings (SSSR count). The van der Waals surface area contributed by atoms with E-state index in [1.807, 2.05) is 0 Å². The van der Waals surface area contributed by atoms with E-state index in [1.165, 1.54) is 13.4 Å². The van der Waals surface area contributed by atoms with Crippen molar-refractivity contribution in [1.82, 2.24) is 0 Å². The molecular weight excluding hydrogens is 168 g/mol. The first-order valence-electron chi connectivity index (χ1n) is 3.78. The maximum atomic E-state index is 11.1. The average molecular weight is 175 g/mol. The zero-order chi connectivity index (χ0) is 9.26. The number of carbonyl (C=O) groups is 1. The lowest BCUT2D eigenvalue weighted by Gasteiger charge is -1.97. The Morgan fingerprint density at radius 3 is 3.15 bits per heavy atom. The van der Waals surface area contributed by atoms with E-state index in [1.54, 1.807) is 18.2 Å². The third-order valence-corrected chi connectivity index (χ3v) is 1.80. The van der Waals surface area contributed by atoms with Gasteiger partial charge in [-0.1, -0.05) is 0 Å². The number of furan rings is 1. The second kappa shape index (κ2) is 2.94. The largest absolute Gasteiger partial charge is 0.465 e. The summed E-state index contributed by atoms with van der Waals surface area (Å²) in [4.78, 5) is 11.1. The fourth-order valence-corrected chi connectivity index (χ4v) is 1.14. The summed E-state index contributed by atoms with van der Waals surface area (Å²) in [5, 5.41) is 0.854. The number of rotatable bonds is 1. The van der Waals surface area contributed by atoms with Crippen molar-refractivity contribution in [2.24, 2.45) is 0 Å². The first-order valence-corrected chi connectivity index (χ1v) is 3.78. The van der Waals surface area contributed by atoms with E-state index in [-0.39, 0.29) is 5.97 Å². The van der Waals surface area contributed by atoms with Gasteiger partial charge in [-0.05, 0) is 18.2 Å². The smallest absolute Gasteiger partial charge is 0.337 e. The summed E-state index contributed by atoms with van der Waals surface area (Å²) in [7, 11) is 1.35. The summed E-state index contributed by atoms with van der Waals surface area (Å²) in [6, 6.07) is 7.97. The molecule has 0 aliphatic carbocycles. The highest BCUT2D eigenvalue weighted by Crippen LogP contribution is 2.16. The Bertz CT molecular complexity index is 442. The predicted octanol–water partition coefficient (Wildman–Crippen LogP) is 2.02. The van der Waals surface area contributed by atoms with Crippen LogP contribution in [0.25, 0.3) is 11.0 Å². The molecule has 0 bridgehead atoms. The minimum Gasteiger partial charge on any atom is -0.465 e. The Morgan fingerprint density at radius 1 is 1.54 bits per heavy atom. The summed E-state index contributed by atoms with van der Waals surface area (Å²) in [5.74, 6) is -0.363. The van der Waals surface area contributed by atoms with Gasteiger partial charge < -0.3 is 9.15 Å². The molecule has 1 heterocycles. The zero-order valence-electron chi connectivity index (χ0n) is 7.03. The molecule has 65 valence electrons. The average Bonchev–Trinajstić information content (AvgIpc) is 2.63. The molecule has 3 heteroatoms. The molecule has 13 heavy (non-hydrogen) atoms. The van der Waals surface area contributed by atoms with Crippen molar-refractivity contribution in [2.45, 2.75) is 0 Å². The molecule has 1 radical (unpaired) electrons. The predicted molar refractivity (Wildman–Crippen MR) is 46.4 cm³/mol. The molecule has 0 fully saturated rings. The first kappa shape index (κ1) is 7.86. The number of carbonyl (C=O) groups excluding carboxylic acids is 1. The number of hydrogen-bond acceptors (Lipinski definition) is 3. The molecule has 3 nitrogen and oxygen atoms in total. The van der Waals surface area contributed by atoms with Gasteiger partial charge in [0.2, 0.25) is 0 Å². The molecule has 1 aromatic heterocycles. The van der Waals surface area contributed by atoms with Crippen molar-refractivity contribution in [3.05, 3.63) is 36.1 Å². The quantitative estimate of drug-likeness (QED) is 0.622. The fourth-order valence-electron chi connectivity index (χ4n) is 1.14. The van der Waals surface area contributed by atoms with E-state index in [9.17, 15) is 4.79 Å². The van der Waals surface area contributed by atoms with Crippen LogP contribution in [0.2, 0.25) is 0 Å². The van der Waals surface area contributed by atoms with Gasteiger partial charge in [-0.2, -0.15) is 0 Å². The van der Waals surface area contributed by atoms with Crippen LogP contribution in [0.4, 0.5) is 0 Å². The van der Waals surface area contributed by atoms with E-state index in [0.717, 1.165) is 5.39 Å². The molecule has 0 aliphatic rings. The topological polar surface area (TPSA) is 39.4 Å². The number of hydrogen-bond donors (Lipinski definition) is 0. The number of esters is 1. The molecule has 0 spiro atoms. The lowest BCUT2D eigenvalue weighted by molar-refractivity contribution is 0.0601. The number of fused-ring (bicyclic) bond motifs is 1. The Kier molecular flexibility index (Phi) is 1.77. The molecule has 2 aromatic rings. The van der Waals surface area contributed by atoms with Gasteiger partial charge in [0.05, 0.1) is 18.9 Å². The molecule has 0 amide bonds. The van der Waals surface area contributed by atoms with Crippen LogP contribution in [0, 0.1) is 6.07 Å². The van der Waals surface area contributed by atoms with Gasteiger partial charge in [0.25, 0.3) is 0 Å². The Hall–Kier alpha value is -1.77. The highest BCUT2D eigenvalue weighted by Gasteiger charge is 2.06. The van der Waals surface area contributed by atoms with Crippen LogP contribution in [0.5, 0.6) is 0 Å². The van der Waals surface area contributed by atoms with Crippen molar-refractivity contribution in [3.63, 3.8) is 0 Å². The van der Waals surface area contributed by atoms with E-state index in [2.05, 4.69) is 10.8 Å². The van der Waals surface area contributed by atoms with Gasteiger partial charge in [-0.15, -0.1) is 0 Å². The summed E-state index contributed by atoms with van der Waals surface area (Å²) >= 11 is 0. The van der Waals surface area contributed by atoms with Gasteiger partial charge in [0.1, 0.15) is 5.58 Å². The summed E-state index contributed by atoms with van der Waals surface area (Å²) in [6.07, 6.45) is 1.46. The highest BCUT2D eigenvalue weighted by molar-refractivity contribution is 5.93. The van der Waals surface area contributed by atoms with E-state index < -0.39 is 0 Å². The Morgan fingerprint density at radius 2 is 2.38 bits per heavy atom. The second-order valence-electron chi connectivity index (χ2n) is 2.58. The summed E-state index contributed by atoms with van der Waals surface area (Å²) < 4.78 is 9.66. The minimum absolute atomic E-state index is 0.363. The monoisotopic (exact) mass is 175 g/mol. The molecule has 1 aromatic carbocycles. The van der Waals surface area contributed by atoms with Crippen LogP contribution in [0.15, 0.2) is 28.9 Å². The molecule has 0 N–H and O–H groups in total. The standard InChI is InChI=1S/C10H7O3/c1-12-10(11)8-3-2-7-4-5-13-9(7)6-8/h2-3,5-6H,1H3. The fraction of sp³-hybridized carbons (Fsp3) is 0.100. The Labute approximate surface area is 74.9 Å². The third kappa shape index (κ3) is 1.28. The van der Waals surface area contributed by atoms with Crippen molar-refractivity contribution in [1.29, 1.82) is 0 Å². The minimum atomic E-state index is -0.363. The van der Waals surface area contributed by atoms with Gasteiger partial charge in [0.15, 0.2) is 0 Å². The van der Waals surface area contributed by atoms with Crippen LogP contribution in [-0.4, -0.2) is 13.1 Å². The summed E-state index contributed by atoms with van der Waals surface area (Å²) in [6.45, 7) is 0. The van der Waals surface area contributed by atoms with Gasteiger partial charge in [-0.3, -0.25) is 0 Å². The van der Waals surface area contributed by atoms with Crippen molar-refractivity contribution >= 4 is 16.9 Å². The first-order chi connectivity index (χ1) is 6.31. The van der Waals surface area contributed by atoms with Gasteiger partial charge >= 0.3 is 5.97 Å². The third-order valence-electron chi connectivity index (χ3n) is 1.80. The van der Waals surface area contributed by atoms with Gasteiger partial charge in [0, 0.05) is 11.5 Å². The molecular formula is C10H7O3. The molecule has 0 saturated heterocycles. The highest BCUT2D eigenvalue weighted by atomic mass is 16.5.